The van der Waals surface area contributed by atoms with Gasteiger partial charge in [-0.05, 0) is 32.8 Å². The number of rotatable bonds is 4. The van der Waals surface area contributed by atoms with Crippen LogP contribution in [0.1, 0.15) is 36.5 Å². The molecule has 2 heterocycles. The summed E-state index contributed by atoms with van der Waals surface area (Å²) in [5, 5.41) is 16.9. The van der Waals surface area contributed by atoms with E-state index in [-0.39, 0.29) is 24.3 Å². The number of aromatic nitrogens is 4. The fourth-order valence-electron chi connectivity index (χ4n) is 2.99. The van der Waals surface area contributed by atoms with Crippen LogP contribution in [0.2, 0.25) is 0 Å². The lowest BCUT2D eigenvalue weighted by molar-refractivity contribution is -0.120. The van der Waals surface area contributed by atoms with Gasteiger partial charge in [-0.3, -0.25) is 4.79 Å². The molecule has 22 heavy (non-hydrogen) atoms. The molecular formula is C15H21N5O2. The quantitative estimate of drug-likeness (QED) is 0.861. The predicted octanol–water partition coefficient (Wildman–Crippen LogP) is 0.561. The zero-order valence-corrected chi connectivity index (χ0v) is 12.9. The highest BCUT2D eigenvalue weighted by Gasteiger charge is 2.25. The molecule has 0 saturated heterocycles. The highest BCUT2D eigenvalue weighted by atomic mass is 16.3. The van der Waals surface area contributed by atoms with Crippen LogP contribution in [0.25, 0.3) is 5.78 Å². The largest absolute Gasteiger partial charge is 0.393 e. The SMILES string of the molecule is Cc1cc(C)n2nc(CC(=O)NCC3CCCC3O)nc2n1. The van der Waals surface area contributed by atoms with Crippen molar-refractivity contribution in [3.8, 4) is 0 Å². The van der Waals surface area contributed by atoms with Crippen LogP contribution < -0.4 is 5.32 Å². The molecule has 7 nitrogen and oxygen atoms in total. The van der Waals surface area contributed by atoms with Crippen LogP contribution in [0.4, 0.5) is 0 Å². The van der Waals surface area contributed by atoms with Crippen LogP contribution in [0.5, 0.6) is 0 Å². The van der Waals surface area contributed by atoms with Gasteiger partial charge in [0.15, 0.2) is 5.82 Å². The second kappa shape index (κ2) is 6.00. The van der Waals surface area contributed by atoms with Crippen molar-refractivity contribution in [3.05, 3.63) is 23.3 Å². The Morgan fingerprint density at radius 2 is 2.23 bits per heavy atom. The Morgan fingerprint density at radius 3 is 2.95 bits per heavy atom. The lowest BCUT2D eigenvalue weighted by Gasteiger charge is -2.14. The van der Waals surface area contributed by atoms with Crippen molar-refractivity contribution in [1.29, 1.82) is 0 Å². The average Bonchev–Trinajstić information content (AvgIpc) is 3.02. The molecule has 1 aliphatic carbocycles. The Balaban J connectivity index is 1.63. The molecule has 0 aromatic carbocycles. The number of hydrogen-bond donors (Lipinski definition) is 2. The van der Waals surface area contributed by atoms with Crippen molar-refractivity contribution in [2.75, 3.05) is 6.54 Å². The third kappa shape index (κ3) is 3.09. The maximum atomic E-state index is 12.0. The molecule has 1 amide bonds. The zero-order chi connectivity index (χ0) is 15.7. The molecule has 1 fully saturated rings. The molecule has 3 rings (SSSR count). The summed E-state index contributed by atoms with van der Waals surface area (Å²) in [6, 6.07) is 1.92. The molecule has 0 aliphatic heterocycles. The monoisotopic (exact) mass is 303 g/mol. The Hall–Kier alpha value is -2.02. The second-order valence-electron chi connectivity index (χ2n) is 6.02. The molecule has 2 unspecified atom stereocenters. The van der Waals surface area contributed by atoms with Gasteiger partial charge in [-0.1, -0.05) is 6.42 Å². The number of amides is 1. The van der Waals surface area contributed by atoms with Crippen LogP contribution in [-0.2, 0) is 11.2 Å². The Labute approximate surface area is 128 Å². The topological polar surface area (TPSA) is 92.4 Å². The van der Waals surface area contributed by atoms with Crippen LogP contribution in [-0.4, -0.2) is 43.2 Å². The van der Waals surface area contributed by atoms with Crippen LogP contribution in [0, 0.1) is 19.8 Å². The first-order valence-electron chi connectivity index (χ1n) is 7.67. The van der Waals surface area contributed by atoms with E-state index in [1.54, 1.807) is 4.52 Å². The lowest BCUT2D eigenvalue weighted by Crippen LogP contribution is -2.33. The van der Waals surface area contributed by atoms with Crippen LogP contribution >= 0.6 is 0 Å². The van der Waals surface area contributed by atoms with Crippen molar-refractivity contribution in [2.24, 2.45) is 5.92 Å². The normalized spacial score (nSPS) is 21.4. The predicted molar refractivity (Wildman–Crippen MR) is 80.3 cm³/mol. The molecule has 1 aliphatic rings. The highest BCUT2D eigenvalue weighted by Crippen LogP contribution is 2.24. The number of hydrogen-bond acceptors (Lipinski definition) is 5. The van der Waals surface area contributed by atoms with E-state index >= 15 is 0 Å². The van der Waals surface area contributed by atoms with Crippen LogP contribution in [0.15, 0.2) is 6.07 Å². The summed E-state index contributed by atoms with van der Waals surface area (Å²) < 4.78 is 1.65. The van der Waals surface area contributed by atoms with Gasteiger partial charge in [0.2, 0.25) is 5.91 Å². The molecule has 7 heteroatoms. The number of aliphatic hydroxyl groups is 1. The molecule has 118 valence electrons. The van der Waals surface area contributed by atoms with E-state index in [0.29, 0.717) is 18.1 Å². The zero-order valence-electron chi connectivity index (χ0n) is 12.9. The minimum atomic E-state index is -0.288. The van der Waals surface area contributed by atoms with Crippen molar-refractivity contribution >= 4 is 11.7 Å². The van der Waals surface area contributed by atoms with Gasteiger partial charge in [0.1, 0.15) is 0 Å². The first kappa shape index (κ1) is 14.9. The molecule has 2 N–H and O–H groups in total. The molecule has 0 spiro atoms. The van der Waals surface area contributed by atoms with E-state index in [1.807, 2.05) is 19.9 Å². The number of carbonyl (C=O) groups excluding carboxylic acids is 1. The third-order valence-corrected chi connectivity index (χ3v) is 4.16. The Kier molecular flexibility index (Phi) is 4.06. The average molecular weight is 303 g/mol. The van der Waals surface area contributed by atoms with Gasteiger partial charge < -0.3 is 10.4 Å². The minimum absolute atomic E-state index is 0.121. The van der Waals surface area contributed by atoms with Gasteiger partial charge in [-0.15, -0.1) is 5.10 Å². The lowest BCUT2D eigenvalue weighted by atomic mass is 10.1. The second-order valence-corrected chi connectivity index (χ2v) is 6.02. The van der Waals surface area contributed by atoms with Crippen molar-refractivity contribution < 1.29 is 9.90 Å². The van der Waals surface area contributed by atoms with Gasteiger partial charge in [-0.2, -0.15) is 4.98 Å². The summed E-state index contributed by atoms with van der Waals surface area (Å²) in [6.45, 7) is 4.35. The third-order valence-electron chi connectivity index (χ3n) is 4.16. The first-order valence-corrected chi connectivity index (χ1v) is 7.67. The van der Waals surface area contributed by atoms with Crippen molar-refractivity contribution in [1.82, 2.24) is 24.9 Å². The van der Waals surface area contributed by atoms with Crippen molar-refractivity contribution in [3.63, 3.8) is 0 Å². The summed E-state index contributed by atoms with van der Waals surface area (Å²) in [5.74, 6) is 1.03. The standard InChI is InChI=1S/C15H21N5O2/c1-9-6-10(2)20-15(17-9)18-13(19-20)7-14(22)16-8-11-4-3-5-12(11)21/h6,11-12,21H,3-5,7-8H2,1-2H3,(H,16,22). The smallest absolute Gasteiger partial charge is 0.252 e. The maximum absolute atomic E-state index is 12.0. The molecule has 2 atom stereocenters. The molecule has 0 radical (unpaired) electrons. The van der Waals surface area contributed by atoms with Gasteiger partial charge in [0.05, 0.1) is 12.5 Å². The number of aryl methyl sites for hydroxylation is 2. The summed E-state index contributed by atoms with van der Waals surface area (Å²) >= 11 is 0. The first-order chi connectivity index (χ1) is 10.5. The van der Waals surface area contributed by atoms with Gasteiger partial charge in [-0.25, -0.2) is 9.50 Å². The van der Waals surface area contributed by atoms with E-state index in [0.717, 1.165) is 30.7 Å². The fourth-order valence-corrected chi connectivity index (χ4v) is 2.99. The number of nitrogens with one attached hydrogen (secondary N) is 1. The van der Waals surface area contributed by atoms with E-state index in [2.05, 4.69) is 20.4 Å². The Bertz CT molecular complexity index is 697. The number of nitrogens with zero attached hydrogens (tertiary/aromatic N) is 4. The van der Waals surface area contributed by atoms with Crippen LogP contribution in [0.3, 0.4) is 0 Å². The molecule has 2 aromatic heterocycles. The van der Waals surface area contributed by atoms with E-state index in [4.69, 9.17) is 0 Å². The summed E-state index contributed by atoms with van der Waals surface area (Å²) in [5.41, 5.74) is 1.82. The molecule has 1 saturated carbocycles. The molecular weight excluding hydrogens is 282 g/mol. The number of fused-ring (bicyclic) bond motifs is 1. The van der Waals surface area contributed by atoms with Gasteiger partial charge >= 0.3 is 0 Å². The molecule has 0 bridgehead atoms. The van der Waals surface area contributed by atoms with E-state index in [1.165, 1.54) is 0 Å². The number of aliphatic hydroxyl groups excluding tert-OH is 1. The highest BCUT2D eigenvalue weighted by molar-refractivity contribution is 5.77. The van der Waals surface area contributed by atoms with E-state index < -0.39 is 0 Å². The fraction of sp³-hybridized carbons (Fsp3) is 0.600. The summed E-state index contributed by atoms with van der Waals surface area (Å²) in [7, 11) is 0. The summed E-state index contributed by atoms with van der Waals surface area (Å²) in [6.07, 6.45) is 2.67. The molecule has 2 aromatic rings. The minimum Gasteiger partial charge on any atom is -0.393 e. The van der Waals surface area contributed by atoms with Crippen molar-refractivity contribution in [2.45, 2.75) is 45.6 Å². The Morgan fingerprint density at radius 1 is 1.41 bits per heavy atom. The van der Waals surface area contributed by atoms with Gasteiger partial charge in [0.25, 0.3) is 5.78 Å². The van der Waals surface area contributed by atoms with Gasteiger partial charge in [0, 0.05) is 23.9 Å². The van der Waals surface area contributed by atoms with E-state index in [9.17, 15) is 9.90 Å². The number of carbonyl (C=O) groups is 1. The summed E-state index contributed by atoms with van der Waals surface area (Å²) in [4.78, 5) is 20.6. The maximum Gasteiger partial charge on any atom is 0.252 e.